The van der Waals surface area contributed by atoms with E-state index >= 15 is 0 Å². The summed E-state index contributed by atoms with van der Waals surface area (Å²) < 4.78 is 6.22. The third-order valence-corrected chi connectivity index (χ3v) is 4.46. The molecule has 2 rings (SSSR count). The number of nitrogens with zero attached hydrogens (tertiary/aromatic N) is 1. The van der Waals surface area contributed by atoms with Gasteiger partial charge in [0.25, 0.3) is 0 Å². The minimum absolute atomic E-state index is 0.325. The van der Waals surface area contributed by atoms with E-state index in [1.807, 2.05) is 26.8 Å². The third-order valence-electron chi connectivity index (χ3n) is 3.47. The normalized spacial score (nSPS) is 16.5. The number of hydrogen-bond acceptors (Lipinski definition) is 4. The molecule has 0 saturated carbocycles. The number of ether oxygens (including phenoxy) is 1. The van der Waals surface area contributed by atoms with E-state index in [-0.39, 0.29) is 0 Å². The van der Waals surface area contributed by atoms with Crippen molar-refractivity contribution in [3.63, 3.8) is 0 Å². The maximum atomic E-state index is 8.35. The second kappa shape index (κ2) is 4.77. The summed E-state index contributed by atoms with van der Waals surface area (Å²) in [6, 6.07) is 1.90. The van der Waals surface area contributed by atoms with Gasteiger partial charge in [0.2, 0.25) is 0 Å². The van der Waals surface area contributed by atoms with E-state index in [0.717, 1.165) is 27.2 Å². The van der Waals surface area contributed by atoms with E-state index in [9.17, 15) is 0 Å². The number of benzene rings is 1. The highest BCUT2D eigenvalue weighted by atomic mass is 79.9. The van der Waals surface area contributed by atoms with Crippen LogP contribution in [0.25, 0.3) is 0 Å². The number of hydrogen-bond donors (Lipinski definition) is 3. The minimum Gasteiger partial charge on any atom is -0.495 e. The number of nitrogens with one attached hydrogen (secondary N) is 3. The van der Waals surface area contributed by atoms with Crippen LogP contribution in [-0.4, -0.2) is 24.3 Å². The summed E-state index contributed by atoms with van der Waals surface area (Å²) in [6.07, 6.45) is 0. The Balaban J connectivity index is 2.77. The van der Waals surface area contributed by atoms with Gasteiger partial charge >= 0.3 is 0 Å². The lowest BCUT2D eigenvalue weighted by molar-refractivity contribution is 0.412. The quantitative estimate of drug-likeness (QED) is 0.539. The van der Waals surface area contributed by atoms with Gasteiger partial charge in [-0.2, -0.15) is 0 Å². The zero-order chi connectivity index (χ0) is 15.2. The summed E-state index contributed by atoms with van der Waals surface area (Å²) in [5, 5.41) is 19.7. The third kappa shape index (κ3) is 2.08. The van der Waals surface area contributed by atoms with Gasteiger partial charge in [0, 0.05) is 6.07 Å². The van der Waals surface area contributed by atoms with Crippen LogP contribution in [-0.2, 0) is 0 Å². The van der Waals surface area contributed by atoms with Crippen LogP contribution in [0.5, 0.6) is 5.75 Å². The van der Waals surface area contributed by atoms with Crippen LogP contribution in [0.15, 0.2) is 10.5 Å². The van der Waals surface area contributed by atoms with E-state index < -0.39 is 5.54 Å². The average Bonchev–Trinajstić information content (AvgIpc) is 2.35. The van der Waals surface area contributed by atoms with Gasteiger partial charge in [-0.05, 0) is 49.2 Å². The molecule has 20 heavy (non-hydrogen) atoms. The second-order valence-corrected chi connectivity index (χ2v) is 6.23. The van der Waals surface area contributed by atoms with Crippen molar-refractivity contribution < 1.29 is 4.74 Å². The molecule has 0 bridgehead atoms. The van der Waals surface area contributed by atoms with Gasteiger partial charge in [-0.3, -0.25) is 15.7 Å². The molecule has 0 aromatic heterocycles. The van der Waals surface area contributed by atoms with Crippen LogP contribution in [0, 0.1) is 17.7 Å². The van der Waals surface area contributed by atoms with Gasteiger partial charge in [-0.25, -0.2) is 0 Å². The van der Waals surface area contributed by atoms with E-state index in [0.29, 0.717) is 11.7 Å². The predicted molar refractivity (Wildman–Crippen MR) is 86.7 cm³/mol. The second-order valence-electron chi connectivity index (χ2n) is 5.43. The van der Waals surface area contributed by atoms with Crippen LogP contribution in [0.3, 0.4) is 0 Å². The molecule has 1 aliphatic rings. The lowest BCUT2D eigenvalue weighted by Crippen LogP contribution is -2.55. The fourth-order valence-electron chi connectivity index (χ4n) is 2.41. The highest BCUT2D eigenvalue weighted by molar-refractivity contribution is 9.10. The topological polar surface area (TPSA) is 72.2 Å². The molecule has 0 unspecified atom stereocenters. The number of fused-ring (bicyclic) bond motifs is 1. The molecular weight excluding hydrogens is 320 g/mol. The Labute approximate surface area is 127 Å². The Morgan fingerprint density at radius 1 is 1.45 bits per heavy atom. The van der Waals surface area contributed by atoms with Gasteiger partial charge in [0.1, 0.15) is 17.4 Å². The van der Waals surface area contributed by atoms with Crippen molar-refractivity contribution in [3.8, 4) is 5.75 Å². The van der Waals surface area contributed by atoms with Gasteiger partial charge in [-0.1, -0.05) is 0 Å². The zero-order valence-electron chi connectivity index (χ0n) is 12.3. The largest absolute Gasteiger partial charge is 0.495 e. The molecule has 0 fully saturated rings. The van der Waals surface area contributed by atoms with E-state index in [4.69, 9.17) is 15.6 Å². The Hall–Kier alpha value is -1.56. The van der Waals surface area contributed by atoms with Crippen molar-refractivity contribution in [2.75, 3.05) is 17.3 Å². The molecule has 1 aromatic carbocycles. The van der Waals surface area contributed by atoms with E-state index in [2.05, 4.69) is 21.2 Å². The highest BCUT2D eigenvalue weighted by Gasteiger charge is 2.38. The van der Waals surface area contributed by atoms with Gasteiger partial charge in [0.05, 0.1) is 28.5 Å². The van der Waals surface area contributed by atoms with E-state index in [1.54, 1.807) is 18.9 Å². The molecule has 0 atom stereocenters. The first-order valence-electron chi connectivity index (χ1n) is 6.30. The van der Waals surface area contributed by atoms with Crippen molar-refractivity contribution in [3.05, 3.63) is 16.1 Å². The molecule has 5 nitrogen and oxygen atoms in total. The SMILES string of the molecule is COc1cc2c(c(C)c1Br)N(C(C)=N)C(=N)C(C)(C)N2. The smallest absolute Gasteiger partial charge is 0.135 e. The molecule has 0 radical (unpaired) electrons. The van der Waals surface area contributed by atoms with E-state index in [1.165, 1.54) is 0 Å². The molecule has 108 valence electrons. The highest BCUT2D eigenvalue weighted by Crippen LogP contribution is 2.45. The fraction of sp³-hybridized carbons (Fsp3) is 0.429. The molecule has 1 heterocycles. The first-order valence-corrected chi connectivity index (χ1v) is 7.09. The van der Waals surface area contributed by atoms with Crippen molar-refractivity contribution in [2.24, 2.45) is 0 Å². The van der Waals surface area contributed by atoms with Crippen LogP contribution >= 0.6 is 15.9 Å². The Morgan fingerprint density at radius 3 is 2.55 bits per heavy atom. The van der Waals surface area contributed by atoms with Gasteiger partial charge in [0.15, 0.2) is 0 Å². The summed E-state index contributed by atoms with van der Waals surface area (Å²) in [7, 11) is 1.63. The number of rotatable bonds is 1. The fourth-order valence-corrected chi connectivity index (χ4v) is 2.87. The van der Waals surface area contributed by atoms with Gasteiger partial charge < -0.3 is 10.1 Å². The van der Waals surface area contributed by atoms with Crippen molar-refractivity contribution >= 4 is 39.0 Å². The summed E-state index contributed by atoms with van der Waals surface area (Å²) in [5.41, 5.74) is 2.10. The first kappa shape index (κ1) is 14.8. The van der Waals surface area contributed by atoms with Crippen LogP contribution in [0.2, 0.25) is 0 Å². The lowest BCUT2D eigenvalue weighted by atomic mass is 9.95. The molecule has 6 heteroatoms. The maximum Gasteiger partial charge on any atom is 0.135 e. The van der Waals surface area contributed by atoms with Crippen LogP contribution in [0.1, 0.15) is 26.3 Å². The Morgan fingerprint density at radius 2 is 2.05 bits per heavy atom. The molecule has 0 saturated heterocycles. The van der Waals surface area contributed by atoms with Crippen molar-refractivity contribution in [1.29, 1.82) is 10.8 Å². The Kier molecular flexibility index (Phi) is 3.54. The Bertz CT molecular complexity index is 610. The average molecular weight is 339 g/mol. The molecule has 1 aromatic rings. The number of anilines is 2. The van der Waals surface area contributed by atoms with Crippen LogP contribution in [0.4, 0.5) is 11.4 Å². The molecule has 0 amide bonds. The predicted octanol–water partition coefficient (Wildman–Crippen LogP) is 3.75. The monoisotopic (exact) mass is 338 g/mol. The molecule has 0 aliphatic carbocycles. The van der Waals surface area contributed by atoms with Crippen LogP contribution < -0.4 is 15.0 Å². The summed E-state index contributed by atoms with van der Waals surface area (Å²) in [6.45, 7) is 7.50. The minimum atomic E-state index is -0.541. The number of amidine groups is 2. The first-order chi connectivity index (χ1) is 9.20. The van der Waals surface area contributed by atoms with Gasteiger partial charge in [-0.15, -0.1) is 0 Å². The molecule has 1 aliphatic heterocycles. The number of halogens is 1. The number of methoxy groups -OCH3 is 1. The molecule has 3 N–H and O–H groups in total. The maximum absolute atomic E-state index is 8.35. The standard InChI is InChI=1S/C14H19BrN4O/c1-7-11(15)10(20-5)6-9-12(7)19(8(2)16)13(17)14(3,4)18-9/h6,16-18H,1-5H3. The molecular formula is C14H19BrN4O. The molecule has 0 spiro atoms. The van der Waals surface area contributed by atoms with Crippen molar-refractivity contribution in [1.82, 2.24) is 0 Å². The van der Waals surface area contributed by atoms with Crippen molar-refractivity contribution in [2.45, 2.75) is 33.2 Å². The summed E-state index contributed by atoms with van der Waals surface area (Å²) in [4.78, 5) is 1.67. The lowest BCUT2D eigenvalue weighted by Gasteiger charge is -2.42. The summed E-state index contributed by atoms with van der Waals surface area (Å²) in [5.74, 6) is 1.42. The zero-order valence-corrected chi connectivity index (χ0v) is 13.9. The summed E-state index contributed by atoms with van der Waals surface area (Å²) >= 11 is 3.52.